The molecule has 1 aliphatic rings. The molecule has 0 aromatic carbocycles. The number of phosphoric ester groups is 1. The minimum atomic E-state index is -4.78. The van der Waals surface area contributed by atoms with Gasteiger partial charge >= 0.3 is 7.82 Å². The van der Waals surface area contributed by atoms with Gasteiger partial charge in [0.25, 0.3) is 0 Å². The zero-order valence-electron chi connectivity index (χ0n) is 9.93. The van der Waals surface area contributed by atoms with Gasteiger partial charge in [-0.15, -0.1) is 0 Å². The van der Waals surface area contributed by atoms with Crippen LogP contribution in [-0.4, -0.2) is 80.7 Å². The van der Waals surface area contributed by atoms with E-state index in [2.05, 4.69) is 4.52 Å². The summed E-state index contributed by atoms with van der Waals surface area (Å²) in [7, 11) is -3.61. The number of phosphoric acid groups is 1. The molecule has 0 radical (unpaired) electrons. The van der Waals surface area contributed by atoms with Gasteiger partial charge in [-0.25, -0.2) is 4.57 Å². The SMILES string of the molecule is CO[C@H]1OC([C@H](O)COP(=O)(O)O)[C@@H](O)C(O)[C@@H]1O. The fourth-order valence-corrected chi connectivity index (χ4v) is 2.00. The number of aliphatic hydroxyl groups is 4. The highest BCUT2D eigenvalue weighted by Crippen LogP contribution is 2.36. The summed E-state index contributed by atoms with van der Waals surface area (Å²) in [6.45, 7) is -0.828. The van der Waals surface area contributed by atoms with E-state index in [-0.39, 0.29) is 0 Å². The second-order valence-corrected chi connectivity index (χ2v) is 5.27. The molecule has 1 aliphatic heterocycles. The van der Waals surface area contributed by atoms with Crippen molar-refractivity contribution in [1.29, 1.82) is 0 Å². The lowest BCUT2D eigenvalue weighted by Gasteiger charge is -2.41. The smallest absolute Gasteiger partial charge is 0.388 e. The van der Waals surface area contributed by atoms with Crippen molar-refractivity contribution in [2.45, 2.75) is 36.8 Å². The molecule has 11 heteroatoms. The van der Waals surface area contributed by atoms with Crippen LogP contribution in [0.1, 0.15) is 0 Å². The molecule has 0 saturated carbocycles. The quantitative estimate of drug-likeness (QED) is 0.286. The lowest BCUT2D eigenvalue weighted by Crippen LogP contribution is -2.61. The Morgan fingerprint density at radius 3 is 2.26 bits per heavy atom. The molecular weight excluding hydrogens is 287 g/mol. The van der Waals surface area contributed by atoms with Gasteiger partial charge in [-0.2, -0.15) is 0 Å². The predicted octanol–water partition coefficient (Wildman–Crippen LogP) is -3.09. The maximum Gasteiger partial charge on any atom is 0.469 e. The lowest BCUT2D eigenvalue weighted by molar-refractivity contribution is -0.305. The van der Waals surface area contributed by atoms with Crippen LogP contribution in [0.2, 0.25) is 0 Å². The molecule has 10 nitrogen and oxygen atoms in total. The van der Waals surface area contributed by atoms with Crippen molar-refractivity contribution in [3.63, 3.8) is 0 Å². The molecular formula is C8H17O10P. The number of ether oxygens (including phenoxy) is 2. The third-order valence-electron chi connectivity index (χ3n) is 2.63. The summed E-state index contributed by atoms with van der Waals surface area (Å²) >= 11 is 0. The molecule has 2 unspecified atom stereocenters. The Balaban J connectivity index is 2.67. The second kappa shape index (κ2) is 6.55. The van der Waals surface area contributed by atoms with Crippen molar-refractivity contribution < 1.29 is 48.8 Å². The van der Waals surface area contributed by atoms with Gasteiger partial charge in [0.15, 0.2) is 6.29 Å². The molecule has 1 heterocycles. The van der Waals surface area contributed by atoms with Crippen molar-refractivity contribution in [3.8, 4) is 0 Å². The van der Waals surface area contributed by atoms with Gasteiger partial charge in [0.1, 0.15) is 30.5 Å². The van der Waals surface area contributed by atoms with E-state index < -0.39 is 51.2 Å². The van der Waals surface area contributed by atoms with Gasteiger partial charge in [0.2, 0.25) is 0 Å². The molecule has 0 amide bonds. The zero-order valence-corrected chi connectivity index (χ0v) is 10.8. The molecule has 19 heavy (non-hydrogen) atoms. The molecule has 1 rings (SSSR count). The normalized spacial score (nSPS) is 38.2. The molecule has 0 spiro atoms. The van der Waals surface area contributed by atoms with E-state index in [4.69, 9.17) is 19.3 Å². The van der Waals surface area contributed by atoms with E-state index in [1.165, 1.54) is 7.11 Å². The topological polar surface area (TPSA) is 166 Å². The first kappa shape index (κ1) is 16.9. The standard InChI is InChI=1S/C8H17O10P/c1-16-8-6(12)4(10)5(11)7(18-8)3(9)2-17-19(13,14)15/h3-12H,2H2,1H3,(H2,13,14,15)/t3-,4?,5+,6+,7?,8+/m1/s1. The minimum absolute atomic E-state index is 0.828. The molecule has 6 N–H and O–H groups in total. The van der Waals surface area contributed by atoms with Crippen LogP contribution in [0.25, 0.3) is 0 Å². The molecule has 1 fully saturated rings. The Bertz CT molecular complexity index is 329. The van der Waals surface area contributed by atoms with Gasteiger partial charge in [0.05, 0.1) is 6.61 Å². The maximum absolute atomic E-state index is 10.5. The first-order chi connectivity index (χ1) is 8.67. The van der Waals surface area contributed by atoms with E-state index in [0.717, 1.165) is 0 Å². The minimum Gasteiger partial charge on any atom is -0.388 e. The number of rotatable bonds is 5. The monoisotopic (exact) mass is 304 g/mol. The van der Waals surface area contributed by atoms with Gasteiger partial charge in [0, 0.05) is 7.11 Å². The Morgan fingerprint density at radius 2 is 1.79 bits per heavy atom. The Hall–Kier alpha value is -0.130. The highest BCUT2D eigenvalue weighted by Gasteiger charge is 2.46. The average molecular weight is 304 g/mol. The summed E-state index contributed by atoms with van der Waals surface area (Å²) in [6.07, 6.45) is -9.21. The van der Waals surface area contributed by atoms with Crippen LogP contribution in [0, 0.1) is 0 Å². The van der Waals surface area contributed by atoms with Crippen LogP contribution >= 0.6 is 7.82 Å². The molecule has 1 saturated heterocycles. The highest BCUT2D eigenvalue weighted by molar-refractivity contribution is 7.46. The van der Waals surface area contributed by atoms with Gasteiger partial charge in [-0.1, -0.05) is 0 Å². The highest BCUT2D eigenvalue weighted by atomic mass is 31.2. The fraction of sp³-hybridized carbons (Fsp3) is 1.00. The third kappa shape index (κ3) is 4.43. The largest absolute Gasteiger partial charge is 0.469 e. The summed E-state index contributed by atoms with van der Waals surface area (Å²) in [5.74, 6) is 0. The fourth-order valence-electron chi connectivity index (χ4n) is 1.65. The van der Waals surface area contributed by atoms with E-state index in [0.29, 0.717) is 0 Å². The van der Waals surface area contributed by atoms with Crippen LogP contribution in [-0.2, 0) is 18.6 Å². The molecule has 114 valence electrons. The van der Waals surface area contributed by atoms with E-state index in [1.54, 1.807) is 0 Å². The average Bonchev–Trinajstić information content (AvgIpc) is 2.33. The summed E-state index contributed by atoms with van der Waals surface area (Å²) in [4.78, 5) is 17.0. The lowest BCUT2D eigenvalue weighted by atomic mass is 9.95. The second-order valence-electron chi connectivity index (χ2n) is 4.03. The van der Waals surface area contributed by atoms with Crippen LogP contribution in [0.5, 0.6) is 0 Å². The van der Waals surface area contributed by atoms with Crippen LogP contribution < -0.4 is 0 Å². The summed E-state index contributed by atoms with van der Waals surface area (Å²) in [5, 5.41) is 38.2. The van der Waals surface area contributed by atoms with E-state index in [9.17, 15) is 25.0 Å². The predicted molar refractivity (Wildman–Crippen MR) is 57.7 cm³/mol. The number of hydrogen-bond acceptors (Lipinski definition) is 8. The molecule has 0 aromatic rings. The summed E-state index contributed by atoms with van der Waals surface area (Å²) in [6, 6.07) is 0. The Morgan fingerprint density at radius 1 is 1.21 bits per heavy atom. The number of aliphatic hydroxyl groups excluding tert-OH is 4. The van der Waals surface area contributed by atoms with Crippen molar-refractivity contribution in [2.24, 2.45) is 0 Å². The van der Waals surface area contributed by atoms with Crippen LogP contribution in [0.3, 0.4) is 0 Å². The number of methoxy groups -OCH3 is 1. The van der Waals surface area contributed by atoms with Crippen molar-refractivity contribution >= 4 is 7.82 Å². The number of hydrogen-bond donors (Lipinski definition) is 6. The Kier molecular flexibility index (Phi) is 5.83. The van der Waals surface area contributed by atoms with Crippen LogP contribution in [0.4, 0.5) is 0 Å². The van der Waals surface area contributed by atoms with E-state index in [1.807, 2.05) is 0 Å². The summed E-state index contributed by atoms with van der Waals surface area (Å²) in [5.41, 5.74) is 0. The van der Waals surface area contributed by atoms with Gasteiger partial charge in [-0.05, 0) is 0 Å². The van der Waals surface area contributed by atoms with E-state index >= 15 is 0 Å². The maximum atomic E-state index is 10.5. The molecule has 6 atom stereocenters. The van der Waals surface area contributed by atoms with Crippen molar-refractivity contribution in [2.75, 3.05) is 13.7 Å². The molecule has 0 aromatic heterocycles. The third-order valence-corrected chi connectivity index (χ3v) is 3.12. The first-order valence-electron chi connectivity index (χ1n) is 5.28. The molecule has 0 bridgehead atoms. The molecule has 0 aliphatic carbocycles. The Labute approximate surface area is 108 Å². The van der Waals surface area contributed by atoms with Crippen molar-refractivity contribution in [1.82, 2.24) is 0 Å². The van der Waals surface area contributed by atoms with Gasteiger partial charge < -0.3 is 39.7 Å². The summed E-state index contributed by atoms with van der Waals surface area (Å²) < 4.78 is 24.2. The van der Waals surface area contributed by atoms with Gasteiger partial charge in [-0.3, -0.25) is 4.52 Å². The zero-order chi connectivity index (χ0) is 14.8. The first-order valence-corrected chi connectivity index (χ1v) is 6.81. The van der Waals surface area contributed by atoms with Crippen LogP contribution in [0.15, 0.2) is 0 Å². The van der Waals surface area contributed by atoms with Crippen molar-refractivity contribution in [3.05, 3.63) is 0 Å².